The first kappa shape index (κ1) is 21.1. The second-order valence-electron chi connectivity index (χ2n) is 6.97. The molecule has 0 spiro atoms. The molecule has 5 nitrogen and oxygen atoms in total. The molecule has 0 radical (unpaired) electrons. The molecule has 30 heavy (non-hydrogen) atoms. The minimum atomic E-state index is -3.70. The zero-order chi connectivity index (χ0) is 21.5. The van der Waals surface area contributed by atoms with Gasteiger partial charge in [-0.15, -0.1) is 17.9 Å². The number of primary sulfonamides is 1. The van der Waals surface area contributed by atoms with E-state index in [1.165, 1.54) is 0 Å². The molecule has 1 aromatic heterocycles. The van der Waals surface area contributed by atoms with Crippen LogP contribution in [0.25, 0.3) is 11.1 Å². The van der Waals surface area contributed by atoms with Crippen molar-refractivity contribution >= 4 is 37.3 Å². The van der Waals surface area contributed by atoms with Crippen LogP contribution in [0.5, 0.6) is 11.5 Å². The van der Waals surface area contributed by atoms with Crippen molar-refractivity contribution < 1.29 is 17.9 Å². The molecular weight excluding hydrogens is 486 g/mol. The van der Waals surface area contributed by atoms with Crippen LogP contribution in [0.1, 0.15) is 27.7 Å². The highest BCUT2D eigenvalue weighted by molar-refractivity contribution is 9.10. The van der Waals surface area contributed by atoms with E-state index >= 15 is 0 Å². The molecule has 0 amide bonds. The number of thiophene rings is 1. The lowest BCUT2D eigenvalue weighted by Gasteiger charge is -2.31. The number of allylic oxidation sites excluding steroid dienone is 1. The molecule has 3 aromatic rings. The molecule has 156 valence electrons. The molecule has 2 aromatic carbocycles. The molecule has 1 aliphatic rings. The van der Waals surface area contributed by atoms with E-state index in [0.717, 1.165) is 37.4 Å². The zero-order valence-corrected chi connectivity index (χ0v) is 19.4. The van der Waals surface area contributed by atoms with E-state index in [4.69, 9.17) is 14.6 Å². The predicted molar refractivity (Wildman–Crippen MR) is 124 cm³/mol. The lowest BCUT2D eigenvalue weighted by atomic mass is 9.87. The summed E-state index contributed by atoms with van der Waals surface area (Å²) in [5.74, 6) is 1.16. The lowest BCUT2D eigenvalue weighted by molar-refractivity contribution is 0.245. The fraction of sp³-hybridized carbons (Fsp3) is 0.182. The topological polar surface area (TPSA) is 78.6 Å². The summed E-state index contributed by atoms with van der Waals surface area (Å²) in [6.45, 7) is 3.82. The first-order valence-corrected chi connectivity index (χ1v) is 12.5. The van der Waals surface area contributed by atoms with Gasteiger partial charge in [-0.25, -0.2) is 13.6 Å². The molecule has 0 saturated carbocycles. The van der Waals surface area contributed by atoms with E-state index in [0.29, 0.717) is 17.7 Å². The van der Waals surface area contributed by atoms with Gasteiger partial charge in [-0.05, 0) is 74.8 Å². The van der Waals surface area contributed by atoms with Crippen LogP contribution >= 0.6 is 27.3 Å². The highest BCUT2D eigenvalue weighted by Crippen LogP contribution is 2.51. The monoisotopic (exact) mass is 505 g/mol. The Morgan fingerprint density at radius 1 is 1.30 bits per heavy atom. The van der Waals surface area contributed by atoms with Gasteiger partial charge in [0.1, 0.15) is 11.5 Å². The fourth-order valence-electron chi connectivity index (χ4n) is 3.76. The molecule has 0 fully saturated rings. The van der Waals surface area contributed by atoms with Crippen molar-refractivity contribution in [2.24, 2.45) is 5.14 Å². The van der Waals surface area contributed by atoms with Crippen LogP contribution < -0.4 is 14.6 Å². The molecule has 0 bridgehead atoms. The third-order valence-corrected chi connectivity index (χ3v) is 7.61. The molecule has 1 atom stereocenters. The Morgan fingerprint density at radius 3 is 2.73 bits per heavy atom. The second kappa shape index (κ2) is 8.19. The molecule has 8 heteroatoms. The third-order valence-electron chi connectivity index (χ3n) is 4.98. The number of fused-ring (bicyclic) bond motifs is 3. The number of hydrogen-bond acceptors (Lipinski definition) is 5. The van der Waals surface area contributed by atoms with E-state index < -0.39 is 10.0 Å². The average molecular weight is 506 g/mol. The Bertz CT molecular complexity index is 1230. The maximum atomic E-state index is 11.9. The molecule has 4 rings (SSSR count). The van der Waals surface area contributed by atoms with Crippen LogP contribution in [0.3, 0.4) is 0 Å². The summed E-state index contributed by atoms with van der Waals surface area (Å²) in [6, 6.07) is 11.6. The zero-order valence-electron chi connectivity index (χ0n) is 16.2. The Hall–Kier alpha value is -2.13. The summed E-state index contributed by atoms with van der Waals surface area (Å²) in [5, 5.41) is 7.36. The quantitative estimate of drug-likeness (QED) is 0.467. The normalized spacial score (nSPS) is 15.1. The van der Waals surface area contributed by atoms with Gasteiger partial charge in [-0.3, -0.25) is 0 Å². The summed E-state index contributed by atoms with van der Waals surface area (Å²) in [5.41, 5.74) is 4.19. The third kappa shape index (κ3) is 3.92. The van der Waals surface area contributed by atoms with Crippen molar-refractivity contribution in [2.45, 2.75) is 18.3 Å². The molecule has 2 N–H and O–H groups in total. The first-order chi connectivity index (χ1) is 14.3. The number of hydrogen-bond donors (Lipinski definition) is 1. The molecule has 0 aliphatic carbocycles. The summed E-state index contributed by atoms with van der Waals surface area (Å²) < 4.78 is 36.7. The highest BCUT2D eigenvalue weighted by atomic mass is 79.9. The van der Waals surface area contributed by atoms with Gasteiger partial charge < -0.3 is 9.47 Å². The van der Waals surface area contributed by atoms with Crippen molar-refractivity contribution in [1.82, 2.24) is 0 Å². The van der Waals surface area contributed by atoms with Gasteiger partial charge in [0.05, 0.1) is 23.3 Å². The van der Waals surface area contributed by atoms with Crippen LogP contribution in [0.2, 0.25) is 0 Å². The van der Waals surface area contributed by atoms with Gasteiger partial charge in [0.25, 0.3) is 0 Å². The fourth-order valence-corrected chi connectivity index (χ4v) is 6.09. The lowest BCUT2D eigenvalue weighted by Crippen LogP contribution is -2.19. The van der Waals surface area contributed by atoms with Crippen molar-refractivity contribution in [3.63, 3.8) is 0 Å². The van der Waals surface area contributed by atoms with Crippen molar-refractivity contribution in [2.75, 3.05) is 7.11 Å². The minimum absolute atomic E-state index is 0.249. The van der Waals surface area contributed by atoms with Crippen LogP contribution in [0.4, 0.5) is 0 Å². The molecule has 1 aliphatic heterocycles. The van der Waals surface area contributed by atoms with Crippen LogP contribution in [-0.4, -0.2) is 15.5 Å². The Morgan fingerprint density at radius 2 is 2.10 bits per heavy atom. The number of methoxy groups -OCH3 is 1. The minimum Gasteiger partial charge on any atom is -0.496 e. The Balaban J connectivity index is 2.02. The predicted octanol–water partition coefficient (Wildman–Crippen LogP) is 5.19. The number of halogens is 1. The number of nitrogens with two attached hydrogens (primary N) is 1. The summed E-state index contributed by atoms with van der Waals surface area (Å²) in [7, 11) is -2.08. The van der Waals surface area contributed by atoms with Gasteiger partial charge in [0.2, 0.25) is 10.0 Å². The van der Waals surface area contributed by atoms with E-state index in [1.807, 2.05) is 41.8 Å². The Labute approximate surface area is 188 Å². The van der Waals surface area contributed by atoms with Crippen molar-refractivity contribution in [1.29, 1.82) is 0 Å². The Kier molecular flexibility index (Phi) is 5.76. The number of rotatable bonds is 6. The molecular formula is C22H20BrNO4S2. The second-order valence-corrected chi connectivity index (χ2v) is 10.4. The van der Waals surface area contributed by atoms with Crippen LogP contribution in [-0.2, 0) is 22.2 Å². The van der Waals surface area contributed by atoms with Gasteiger partial charge in [0, 0.05) is 10.0 Å². The maximum absolute atomic E-state index is 11.9. The maximum Gasteiger partial charge on any atom is 0.213 e. The van der Waals surface area contributed by atoms with E-state index in [1.54, 1.807) is 24.5 Å². The van der Waals surface area contributed by atoms with Crippen LogP contribution in [0.15, 0.2) is 58.9 Å². The molecule has 2 heterocycles. The van der Waals surface area contributed by atoms with Gasteiger partial charge in [-0.1, -0.05) is 12.1 Å². The molecule has 1 unspecified atom stereocenters. The SMILES string of the molecule is C=CCc1cc2c(cc1CS(N)(=O)=O)C(c1sccc1Br)Oc1cccc(OC)c1-2. The van der Waals surface area contributed by atoms with Crippen LogP contribution in [0, 0.1) is 0 Å². The largest absolute Gasteiger partial charge is 0.496 e. The van der Waals surface area contributed by atoms with Gasteiger partial charge in [-0.2, -0.15) is 0 Å². The summed E-state index contributed by atoms with van der Waals surface area (Å²) in [6.07, 6.45) is 1.90. The summed E-state index contributed by atoms with van der Waals surface area (Å²) >= 11 is 5.18. The van der Waals surface area contributed by atoms with Gasteiger partial charge in [0.15, 0.2) is 6.10 Å². The molecule has 0 saturated heterocycles. The average Bonchev–Trinajstić information content (AvgIpc) is 3.12. The number of benzene rings is 2. The van der Waals surface area contributed by atoms with E-state index in [-0.39, 0.29) is 11.9 Å². The highest BCUT2D eigenvalue weighted by Gasteiger charge is 2.32. The number of sulfonamides is 1. The van der Waals surface area contributed by atoms with Crippen molar-refractivity contribution in [3.8, 4) is 22.6 Å². The smallest absolute Gasteiger partial charge is 0.213 e. The standard InChI is InChI=1S/C22H20BrNO4S2/c1-3-5-13-10-15-16(11-14(13)12-30(24,25)26)21(22-17(23)8-9-29-22)28-19-7-4-6-18(27-2)20(15)19/h3-4,6-11,21H,1,5,12H2,2H3,(H2,24,25,26). The summed E-state index contributed by atoms with van der Waals surface area (Å²) in [4.78, 5) is 1.00. The van der Waals surface area contributed by atoms with Gasteiger partial charge >= 0.3 is 0 Å². The van der Waals surface area contributed by atoms with Crippen molar-refractivity contribution in [3.05, 3.63) is 80.5 Å². The number of ether oxygens (including phenoxy) is 2. The van der Waals surface area contributed by atoms with E-state index in [9.17, 15) is 8.42 Å². The first-order valence-electron chi connectivity index (χ1n) is 9.16. The van der Waals surface area contributed by atoms with E-state index in [2.05, 4.69) is 22.5 Å².